The van der Waals surface area contributed by atoms with Crippen LogP contribution in [-0.4, -0.2) is 59.1 Å². The van der Waals surface area contributed by atoms with Crippen molar-refractivity contribution >= 4 is 23.6 Å². The summed E-state index contributed by atoms with van der Waals surface area (Å²) in [5.41, 5.74) is 1.08. The summed E-state index contributed by atoms with van der Waals surface area (Å²) in [6.07, 6.45) is 5.69. The Balaban J connectivity index is 1.65. The number of amides is 4. The van der Waals surface area contributed by atoms with Crippen LogP contribution in [0.1, 0.15) is 45.6 Å². The molecule has 0 radical (unpaired) electrons. The van der Waals surface area contributed by atoms with E-state index in [1.54, 1.807) is 11.8 Å². The highest BCUT2D eigenvalue weighted by Crippen LogP contribution is 2.35. The third kappa shape index (κ3) is 6.09. The minimum absolute atomic E-state index is 0.0148. The Morgan fingerprint density at radius 2 is 1.64 bits per heavy atom. The fourth-order valence-corrected chi connectivity index (χ4v) is 4.46. The van der Waals surface area contributed by atoms with Gasteiger partial charge in [0.15, 0.2) is 0 Å². The summed E-state index contributed by atoms with van der Waals surface area (Å²) in [6, 6.07) is 9.16. The van der Waals surface area contributed by atoms with Crippen molar-refractivity contribution < 1.29 is 19.2 Å². The number of nitrogens with one attached hydrogen (secondary N) is 1. The largest absolute Gasteiger partial charge is 0.354 e. The van der Waals surface area contributed by atoms with Gasteiger partial charge in [-0.1, -0.05) is 56.3 Å². The predicted molar refractivity (Wildman–Crippen MR) is 126 cm³/mol. The van der Waals surface area contributed by atoms with Crippen molar-refractivity contribution in [3.05, 3.63) is 48.0 Å². The first-order valence-corrected chi connectivity index (χ1v) is 11.9. The molecular weight excluding hydrogens is 418 g/mol. The number of rotatable bonds is 10. The van der Waals surface area contributed by atoms with Gasteiger partial charge in [0.2, 0.25) is 23.6 Å². The molecule has 1 aromatic carbocycles. The first-order chi connectivity index (χ1) is 15.8. The number of hydrogen-bond acceptors (Lipinski definition) is 4. The molecule has 2 aliphatic rings. The van der Waals surface area contributed by atoms with Crippen LogP contribution < -0.4 is 5.32 Å². The topological polar surface area (TPSA) is 86.8 Å². The molecule has 178 valence electrons. The van der Waals surface area contributed by atoms with E-state index in [9.17, 15) is 19.2 Å². The van der Waals surface area contributed by atoms with Crippen LogP contribution in [0.25, 0.3) is 0 Å². The lowest BCUT2D eigenvalue weighted by atomic mass is 9.85. The Labute approximate surface area is 196 Å². The maximum Gasteiger partial charge on any atom is 0.242 e. The number of carbonyl (C=O) groups is 4. The van der Waals surface area contributed by atoms with Gasteiger partial charge in [-0.3, -0.25) is 24.1 Å². The second-order valence-electron chi connectivity index (χ2n) is 9.37. The zero-order valence-electron chi connectivity index (χ0n) is 19.8. The lowest BCUT2D eigenvalue weighted by Gasteiger charge is -2.29. The first-order valence-electron chi connectivity index (χ1n) is 11.9. The van der Waals surface area contributed by atoms with Crippen LogP contribution in [-0.2, 0) is 25.6 Å². The maximum atomic E-state index is 13.2. The minimum atomic E-state index is -0.642. The SMILES string of the molecule is CC(C)CNC(=O)[C@H](C)N(CCc1ccccc1)C(=O)CCN1C(=O)[C@H]2CC=CC[C@H]2C1=O. The molecule has 33 heavy (non-hydrogen) atoms. The van der Waals surface area contributed by atoms with Crippen LogP contribution in [0.4, 0.5) is 0 Å². The highest BCUT2D eigenvalue weighted by atomic mass is 16.2. The number of nitrogens with zero attached hydrogens (tertiary/aromatic N) is 2. The Kier molecular flexibility index (Phi) is 8.42. The molecule has 0 spiro atoms. The zero-order valence-corrected chi connectivity index (χ0v) is 19.8. The van der Waals surface area contributed by atoms with Gasteiger partial charge in [0.05, 0.1) is 11.8 Å². The molecule has 1 aliphatic heterocycles. The summed E-state index contributed by atoms with van der Waals surface area (Å²) < 4.78 is 0. The monoisotopic (exact) mass is 453 g/mol. The number of fused-ring (bicyclic) bond motifs is 1. The highest BCUT2D eigenvalue weighted by Gasteiger charge is 2.47. The van der Waals surface area contributed by atoms with Gasteiger partial charge >= 0.3 is 0 Å². The number of likely N-dealkylation sites (tertiary alicyclic amines) is 1. The third-order valence-electron chi connectivity index (χ3n) is 6.48. The fourth-order valence-electron chi connectivity index (χ4n) is 4.46. The molecule has 1 N–H and O–H groups in total. The number of imide groups is 1. The third-order valence-corrected chi connectivity index (χ3v) is 6.48. The molecule has 0 unspecified atom stereocenters. The number of carbonyl (C=O) groups excluding carboxylic acids is 4. The van der Waals surface area contributed by atoms with E-state index in [0.717, 1.165) is 5.56 Å². The molecule has 0 saturated carbocycles. The normalized spacial score (nSPS) is 20.7. The molecular formula is C26H35N3O4. The second kappa shape index (κ2) is 11.3. The Hall–Kier alpha value is -2.96. The van der Waals surface area contributed by atoms with E-state index in [1.165, 1.54) is 4.90 Å². The van der Waals surface area contributed by atoms with Crippen molar-refractivity contribution in [3.63, 3.8) is 0 Å². The van der Waals surface area contributed by atoms with E-state index in [-0.39, 0.29) is 48.4 Å². The van der Waals surface area contributed by atoms with Gasteiger partial charge in [-0.25, -0.2) is 0 Å². The molecule has 3 atom stereocenters. The summed E-state index contributed by atoms with van der Waals surface area (Å²) in [7, 11) is 0. The molecule has 0 bridgehead atoms. The molecule has 1 fully saturated rings. The van der Waals surface area contributed by atoms with Crippen molar-refractivity contribution in [2.24, 2.45) is 17.8 Å². The molecule has 1 aromatic rings. The van der Waals surface area contributed by atoms with E-state index in [2.05, 4.69) is 5.32 Å². The zero-order chi connectivity index (χ0) is 24.0. The summed E-state index contributed by atoms with van der Waals surface area (Å²) in [5, 5.41) is 2.90. The van der Waals surface area contributed by atoms with Gasteiger partial charge in [-0.15, -0.1) is 0 Å². The van der Waals surface area contributed by atoms with Crippen molar-refractivity contribution in [1.82, 2.24) is 15.1 Å². The van der Waals surface area contributed by atoms with Crippen molar-refractivity contribution in [2.45, 2.75) is 52.5 Å². The Morgan fingerprint density at radius 3 is 2.21 bits per heavy atom. The van der Waals surface area contributed by atoms with E-state index >= 15 is 0 Å². The standard InChI is InChI=1S/C26H35N3O4/c1-18(2)17-27-24(31)19(3)28(15-13-20-9-5-4-6-10-20)23(30)14-16-29-25(32)21-11-7-8-12-22(21)26(29)33/h4-10,18-19,21-22H,11-17H2,1-3H3,(H,27,31)/t19-,21-,22+/m0/s1. The molecule has 0 aromatic heterocycles. The van der Waals surface area contributed by atoms with Crippen LogP contribution in [0.15, 0.2) is 42.5 Å². The van der Waals surface area contributed by atoms with Crippen LogP contribution in [0.3, 0.4) is 0 Å². The Morgan fingerprint density at radius 1 is 1.03 bits per heavy atom. The van der Waals surface area contributed by atoms with E-state index in [4.69, 9.17) is 0 Å². The lowest BCUT2D eigenvalue weighted by molar-refractivity contribution is -0.143. The molecule has 7 heteroatoms. The molecule has 4 amide bonds. The van der Waals surface area contributed by atoms with Crippen LogP contribution in [0.5, 0.6) is 0 Å². The maximum absolute atomic E-state index is 13.2. The summed E-state index contributed by atoms with van der Waals surface area (Å²) in [6.45, 7) is 6.74. The van der Waals surface area contributed by atoms with Crippen molar-refractivity contribution in [2.75, 3.05) is 19.6 Å². The predicted octanol–water partition coefficient (Wildman–Crippen LogP) is 2.56. The summed E-state index contributed by atoms with van der Waals surface area (Å²) in [5.74, 6) is -1.08. The average molecular weight is 454 g/mol. The fraction of sp³-hybridized carbons (Fsp3) is 0.538. The van der Waals surface area contributed by atoms with E-state index in [0.29, 0.717) is 38.3 Å². The summed E-state index contributed by atoms with van der Waals surface area (Å²) in [4.78, 5) is 54.2. The van der Waals surface area contributed by atoms with Crippen LogP contribution >= 0.6 is 0 Å². The Bertz CT molecular complexity index is 870. The molecule has 1 saturated heterocycles. The number of hydrogen-bond donors (Lipinski definition) is 1. The molecule has 3 rings (SSSR count). The van der Waals surface area contributed by atoms with Gasteiger partial charge in [-0.05, 0) is 37.7 Å². The number of benzene rings is 1. The van der Waals surface area contributed by atoms with E-state index in [1.807, 2.05) is 56.3 Å². The molecule has 1 heterocycles. The van der Waals surface area contributed by atoms with E-state index < -0.39 is 6.04 Å². The molecule has 7 nitrogen and oxygen atoms in total. The quantitative estimate of drug-likeness (QED) is 0.436. The smallest absolute Gasteiger partial charge is 0.242 e. The van der Waals surface area contributed by atoms with Gasteiger partial charge in [0, 0.05) is 26.1 Å². The summed E-state index contributed by atoms with van der Waals surface area (Å²) >= 11 is 0. The average Bonchev–Trinajstić information content (AvgIpc) is 3.06. The van der Waals surface area contributed by atoms with Crippen LogP contribution in [0, 0.1) is 17.8 Å². The lowest BCUT2D eigenvalue weighted by Crippen LogP contribution is -2.50. The van der Waals surface area contributed by atoms with Gasteiger partial charge in [0.1, 0.15) is 6.04 Å². The van der Waals surface area contributed by atoms with Crippen molar-refractivity contribution in [3.8, 4) is 0 Å². The minimum Gasteiger partial charge on any atom is -0.354 e. The van der Waals surface area contributed by atoms with Gasteiger partial charge < -0.3 is 10.2 Å². The molecule has 1 aliphatic carbocycles. The van der Waals surface area contributed by atoms with Crippen LogP contribution in [0.2, 0.25) is 0 Å². The number of allylic oxidation sites excluding steroid dienone is 2. The van der Waals surface area contributed by atoms with Gasteiger partial charge in [-0.2, -0.15) is 0 Å². The highest BCUT2D eigenvalue weighted by molar-refractivity contribution is 6.05. The second-order valence-corrected chi connectivity index (χ2v) is 9.37. The first kappa shape index (κ1) is 24.7. The van der Waals surface area contributed by atoms with Crippen molar-refractivity contribution in [1.29, 1.82) is 0 Å². The van der Waals surface area contributed by atoms with Gasteiger partial charge in [0.25, 0.3) is 0 Å².